The van der Waals surface area contributed by atoms with Crippen LogP contribution in [0.15, 0.2) is 53.6 Å². The van der Waals surface area contributed by atoms with E-state index in [4.69, 9.17) is 32.8 Å². The molecule has 0 aliphatic rings. The Labute approximate surface area is 189 Å². The SMILES string of the molecule is COC(=O)c1cccc(C)[n+]1Oc1ncc(Cl)cc1NS(=O)(=O)c1ccc(Cl)c(C)c1. The van der Waals surface area contributed by atoms with Crippen LogP contribution in [0.3, 0.4) is 0 Å². The molecule has 0 bridgehead atoms. The third-order valence-corrected chi connectivity index (χ3v) is 6.20. The molecule has 0 fully saturated rings. The van der Waals surface area contributed by atoms with E-state index in [1.807, 2.05) is 0 Å². The van der Waals surface area contributed by atoms with Gasteiger partial charge >= 0.3 is 17.5 Å². The molecule has 0 saturated heterocycles. The van der Waals surface area contributed by atoms with Crippen molar-refractivity contribution in [3.63, 3.8) is 0 Å². The van der Waals surface area contributed by atoms with Gasteiger partial charge in [-0.3, -0.25) is 4.72 Å². The van der Waals surface area contributed by atoms with Crippen molar-refractivity contribution in [3.05, 3.63) is 75.7 Å². The van der Waals surface area contributed by atoms with Gasteiger partial charge in [-0.1, -0.05) is 23.2 Å². The van der Waals surface area contributed by atoms with Crippen LogP contribution in [0.25, 0.3) is 0 Å². The van der Waals surface area contributed by atoms with Crippen molar-refractivity contribution in [2.24, 2.45) is 0 Å². The fraction of sp³-hybridized carbons (Fsp3) is 0.150. The molecule has 0 aliphatic carbocycles. The fourth-order valence-corrected chi connectivity index (χ4v) is 4.04. The van der Waals surface area contributed by atoms with Crippen molar-refractivity contribution >= 4 is 44.9 Å². The number of anilines is 1. The van der Waals surface area contributed by atoms with Gasteiger partial charge in [0.15, 0.2) is 0 Å². The number of benzene rings is 1. The van der Waals surface area contributed by atoms with Gasteiger partial charge in [-0.25, -0.2) is 23.0 Å². The number of methoxy groups -OCH3 is 1. The number of carbonyl (C=O) groups is 1. The van der Waals surface area contributed by atoms with Crippen molar-refractivity contribution in [1.29, 1.82) is 0 Å². The van der Waals surface area contributed by atoms with Crippen LogP contribution in [-0.4, -0.2) is 26.5 Å². The molecule has 1 aromatic carbocycles. The maximum atomic E-state index is 12.9. The molecule has 2 aromatic heterocycles. The molecule has 2 heterocycles. The zero-order valence-electron chi connectivity index (χ0n) is 16.7. The summed E-state index contributed by atoms with van der Waals surface area (Å²) in [6.45, 7) is 3.39. The van der Waals surface area contributed by atoms with Crippen molar-refractivity contribution in [2.45, 2.75) is 18.7 Å². The molecule has 0 aliphatic heterocycles. The monoisotopic (exact) mass is 482 g/mol. The van der Waals surface area contributed by atoms with Gasteiger partial charge < -0.3 is 4.74 Å². The molecule has 162 valence electrons. The van der Waals surface area contributed by atoms with Crippen LogP contribution in [0.4, 0.5) is 5.69 Å². The summed E-state index contributed by atoms with van der Waals surface area (Å²) >= 11 is 12.0. The van der Waals surface area contributed by atoms with Gasteiger partial charge in [-0.2, -0.15) is 0 Å². The van der Waals surface area contributed by atoms with Gasteiger partial charge in [0, 0.05) is 35.0 Å². The van der Waals surface area contributed by atoms with Crippen LogP contribution >= 0.6 is 23.2 Å². The number of rotatable bonds is 6. The minimum absolute atomic E-state index is 0.000815. The van der Waals surface area contributed by atoms with Crippen molar-refractivity contribution in [1.82, 2.24) is 4.98 Å². The second-order valence-corrected chi connectivity index (χ2v) is 8.98. The Hall–Kier alpha value is -2.88. The van der Waals surface area contributed by atoms with E-state index in [0.717, 1.165) is 0 Å². The van der Waals surface area contributed by atoms with E-state index in [9.17, 15) is 13.2 Å². The Morgan fingerprint density at radius 1 is 1.13 bits per heavy atom. The first-order valence-electron chi connectivity index (χ1n) is 8.85. The van der Waals surface area contributed by atoms with Crippen LogP contribution in [-0.2, 0) is 14.8 Å². The highest BCUT2D eigenvalue weighted by atomic mass is 35.5. The average Bonchev–Trinajstić information content (AvgIpc) is 2.72. The number of carbonyl (C=O) groups excluding carboxylic acids is 1. The number of hydrogen-bond donors (Lipinski definition) is 1. The van der Waals surface area contributed by atoms with Gasteiger partial charge in [0.2, 0.25) is 5.69 Å². The lowest BCUT2D eigenvalue weighted by molar-refractivity contribution is -0.881. The quantitative estimate of drug-likeness (QED) is 0.424. The van der Waals surface area contributed by atoms with Crippen LogP contribution in [0, 0.1) is 13.8 Å². The lowest BCUT2D eigenvalue weighted by Gasteiger charge is -2.12. The Kier molecular flexibility index (Phi) is 6.68. The topological polar surface area (TPSA) is 98.5 Å². The van der Waals surface area contributed by atoms with E-state index in [1.54, 1.807) is 26.0 Å². The maximum absolute atomic E-state index is 12.9. The molecule has 8 nitrogen and oxygen atoms in total. The number of aryl methyl sites for hydroxylation is 2. The molecule has 3 rings (SSSR count). The molecule has 11 heteroatoms. The zero-order valence-corrected chi connectivity index (χ0v) is 19.0. The zero-order chi connectivity index (χ0) is 22.8. The van der Waals surface area contributed by atoms with Crippen molar-refractivity contribution in [2.75, 3.05) is 11.8 Å². The highest BCUT2D eigenvalue weighted by molar-refractivity contribution is 7.92. The van der Waals surface area contributed by atoms with E-state index in [0.29, 0.717) is 16.3 Å². The number of esters is 1. The van der Waals surface area contributed by atoms with E-state index in [-0.39, 0.29) is 27.2 Å². The number of nitrogens with one attached hydrogen (secondary N) is 1. The minimum atomic E-state index is -4.01. The molecule has 0 amide bonds. The number of hydrogen-bond acceptors (Lipinski definition) is 6. The third-order valence-electron chi connectivity index (χ3n) is 4.20. The molecule has 0 atom stereocenters. The predicted octanol–water partition coefficient (Wildman–Crippen LogP) is 3.72. The molecule has 3 aromatic rings. The highest BCUT2D eigenvalue weighted by Crippen LogP contribution is 2.28. The van der Waals surface area contributed by atoms with E-state index < -0.39 is 16.0 Å². The molecule has 0 saturated carbocycles. The standard InChI is InChI=1S/C20H17Cl2N3O5S/c1-12-9-15(7-8-16(12)22)31(27,28)24-17-10-14(21)11-23-19(17)30-25-13(2)5-4-6-18(25)20(26)29-3/h4-11H,1-3H3/p+1. The van der Waals surface area contributed by atoms with Crippen LogP contribution < -0.4 is 14.3 Å². The normalized spacial score (nSPS) is 11.1. The second-order valence-electron chi connectivity index (χ2n) is 6.45. The highest BCUT2D eigenvalue weighted by Gasteiger charge is 2.28. The van der Waals surface area contributed by atoms with Crippen LogP contribution in [0.1, 0.15) is 21.7 Å². The summed E-state index contributed by atoms with van der Waals surface area (Å²) in [5.74, 6) is -0.764. The smallest absolute Gasteiger partial charge is 0.408 e. The summed E-state index contributed by atoms with van der Waals surface area (Å²) < 4.78 is 34.2. The molecule has 1 N–H and O–H groups in total. The Morgan fingerprint density at radius 2 is 1.87 bits per heavy atom. The van der Waals surface area contributed by atoms with Gasteiger partial charge in [-0.05, 0) is 42.8 Å². The number of halogens is 2. The second kappa shape index (κ2) is 9.09. The first kappa shape index (κ1) is 22.8. The maximum Gasteiger partial charge on any atom is 0.408 e. The Balaban J connectivity index is 2.03. The number of sulfonamides is 1. The summed E-state index contributed by atoms with van der Waals surface area (Å²) in [4.78, 5) is 21.9. The Bertz CT molecular complexity index is 1270. The summed E-state index contributed by atoms with van der Waals surface area (Å²) in [7, 11) is -2.77. The number of aromatic nitrogens is 2. The number of nitrogens with zero attached hydrogens (tertiary/aromatic N) is 2. The van der Waals surface area contributed by atoms with E-state index in [1.165, 1.54) is 48.4 Å². The molecule has 31 heavy (non-hydrogen) atoms. The molecule has 0 unspecified atom stereocenters. The molecular weight excluding hydrogens is 465 g/mol. The minimum Gasteiger partial charge on any atom is -0.461 e. The number of ether oxygens (including phenoxy) is 1. The average molecular weight is 483 g/mol. The number of pyridine rings is 2. The van der Waals surface area contributed by atoms with Gasteiger partial charge in [0.05, 0.1) is 17.0 Å². The molecule has 0 spiro atoms. The fourth-order valence-electron chi connectivity index (χ4n) is 2.63. The third kappa shape index (κ3) is 5.07. The predicted molar refractivity (Wildman–Crippen MR) is 115 cm³/mol. The van der Waals surface area contributed by atoms with Gasteiger partial charge in [-0.15, -0.1) is 0 Å². The van der Waals surface area contributed by atoms with Crippen LogP contribution in [0.5, 0.6) is 5.88 Å². The summed E-state index contributed by atoms with van der Waals surface area (Å²) in [6, 6.07) is 10.5. The molecule has 0 radical (unpaired) electrons. The summed E-state index contributed by atoms with van der Waals surface area (Å²) in [5, 5.41) is 0.624. The van der Waals surface area contributed by atoms with E-state index in [2.05, 4.69) is 9.71 Å². The summed E-state index contributed by atoms with van der Waals surface area (Å²) in [6.07, 6.45) is 1.29. The lowest BCUT2D eigenvalue weighted by Crippen LogP contribution is -2.48. The first-order valence-corrected chi connectivity index (χ1v) is 11.1. The van der Waals surface area contributed by atoms with Crippen molar-refractivity contribution in [3.8, 4) is 5.88 Å². The largest absolute Gasteiger partial charge is 0.461 e. The Morgan fingerprint density at radius 3 is 2.55 bits per heavy atom. The van der Waals surface area contributed by atoms with Gasteiger partial charge in [0.1, 0.15) is 5.69 Å². The summed E-state index contributed by atoms with van der Waals surface area (Å²) in [5.41, 5.74) is 1.21. The van der Waals surface area contributed by atoms with E-state index >= 15 is 0 Å². The molecular formula is C20H18Cl2N3O5S+. The van der Waals surface area contributed by atoms with Crippen molar-refractivity contribution < 1.29 is 27.5 Å². The lowest BCUT2D eigenvalue weighted by atomic mass is 10.2. The first-order chi connectivity index (χ1) is 14.6. The van der Waals surface area contributed by atoms with Gasteiger partial charge in [0.25, 0.3) is 10.0 Å². The van der Waals surface area contributed by atoms with Crippen LogP contribution in [0.2, 0.25) is 10.0 Å².